The number of carbonyl (C=O) groups is 2. The Labute approximate surface area is 157 Å². The van der Waals surface area contributed by atoms with Crippen LogP contribution in [0.15, 0.2) is 48.5 Å². The molecule has 1 heterocycles. The van der Waals surface area contributed by atoms with Gasteiger partial charge in [-0.3, -0.25) is 9.59 Å². The van der Waals surface area contributed by atoms with E-state index in [1.807, 2.05) is 30.3 Å². The van der Waals surface area contributed by atoms with Crippen LogP contribution in [0.2, 0.25) is 0 Å². The zero-order valence-electron chi connectivity index (χ0n) is 15.1. The number of fused-ring (bicyclic) bond motifs is 1. The van der Waals surface area contributed by atoms with Crippen LogP contribution in [-0.4, -0.2) is 30.5 Å². The Balaban J connectivity index is 1.75. The molecule has 4 rings (SSSR count). The van der Waals surface area contributed by atoms with Crippen molar-refractivity contribution in [3.05, 3.63) is 65.2 Å². The van der Waals surface area contributed by atoms with E-state index >= 15 is 0 Å². The first-order chi connectivity index (χ1) is 13.0. The first-order valence-corrected chi connectivity index (χ1v) is 9.01. The van der Waals surface area contributed by atoms with Crippen molar-refractivity contribution >= 4 is 11.7 Å². The lowest BCUT2D eigenvalue weighted by molar-refractivity contribution is -0.139. The van der Waals surface area contributed by atoms with Gasteiger partial charge in [-0.05, 0) is 30.5 Å². The predicted octanol–water partition coefficient (Wildman–Crippen LogP) is 2.13. The fourth-order valence-corrected chi connectivity index (χ4v) is 3.58. The molecule has 27 heavy (non-hydrogen) atoms. The van der Waals surface area contributed by atoms with Gasteiger partial charge in [0.2, 0.25) is 11.7 Å². The summed E-state index contributed by atoms with van der Waals surface area (Å²) in [6.07, 6.45) is 0.620. The lowest BCUT2D eigenvalue weighted by Gasteiger charge is -2.28. The Morgan fingerprint density at radius 3 is 2.56 bits per heavy atom. The number of ketones is 1. The molecule has 2 aromatic carbocycles. The van der Waals surface area contributed by atoms with Crippen molar-refractivity contribution in [3.63, 3.8) is 0 Å². The normalized spacial score (nSPS) is 22.9. The van der Waals surface area contributed by atoms with Crippen LogP contribution in [0.25, 0.3) is 0 Å². The van der Waals surface area contributed by atoms with Gasteiger partial charge in [0.15, 0.2) is 6.10 Å². The molecule has 0 bridgehead atoms. The topological polar surface area (TPSA) is 90.7 Å². The molecule has 0 aromatic heterocycles. The molecule has 140 valence electrons. The highest BCUT2D eigenvalue weighted by molar-refractivity contribution is 5.95. The lowest BCUT2D eigenvalue weighted by Crippen LogP contribution is -2.46. The maximum Gasteiger partial charge on any atom is 0.248 e. The van der Waals surface area contributed by atoms with Crippen molar-refractivity contribution in [2.24, 2.45) is 5.73 Å². The summed E-state index contributed by atoms with van der Waals surface area (Å²) in [7, 11) is 1.56. The van der Waals surface area contributed by atoms with E-state index in [2.05, 4.69) is 5.32 Å². The first-order valence-electron chi connectivity index (χ1n) is 9.01. The van der Waals surface area contributed by atoms with E-state index in [1.165, 1.54) is 0 Å². The number of rotatable bonds is 5. The molecule has 2 aromatic rings. The molecule has 1 saturated carbocycles. The van der Waals surface area contributed by atoms with Gasteiger partial charge in [-0.25, -0.2) is 0 Å². The molecule has 1 aliphatic carbocycles. The van der Waals surface area contributed by atoms with Crippen molar-refractivity contribution in [2.45, 2.75) is 37.1 Å². The van der Waals surface area contributed by atoms with Gasteiger partial charge in [0, 0.05) is 24.8 Å². The number of benzene rings is 2. The van der Waals surface area contributed by atoms with Gasteiger partial charge in [-0.2, -0.15) is 0 Å². The molecule has 1 aliphatic heterocycles. The molecule has 0 radical (unpaired) electrons. The Bertz CT molecular complexity index is 877. The first kappa shape index (κ1) is 17.7. The van der Waals surface area contributed by atoms with Crippen molar-refractivity contribution in [2.75, 3.05) is 7.11 Å². The molecule has 0 saturated heterocycles. The smallest absolute Gasteiger partial charge is 0.248 e. The molecule has 6 nitrogen and oxygen atoms in total. The number of nitrogens with one attached hydrogen (secondary N) is 1. The van der Waals surface area contributed by atoms with E-state index in [0.29, 0.717) is 30.7 Å². The van der Waals surface area contributed by atoms with Crippen molar-refractivity contribution in [3.8, 4) is 5.75 Å². The largest absolute Gasteiger partial charge is 0.480 e. The summed E-state index contributed by atoms with van der Waals surface area (Å²) in [5.41, 5.74) is 6.82. The summed E-state index contributed by atoms with van der Waals surface area (Å²) in [4.78, 5) is 24.9. The van der Waals surface area contributed by atoms with Gasteiger partial charge in [-0.1, -0.05) is 36.4 Å². The maximum atomic E-state index is 13.3. The van der Waals surface area contributed by atoms with Crippen LogP contribution in [0.5, 0.6) is 5.75 Å². The standard InChI is InChI=1S/C21H22N2O4/c1-26-21(9-10-21)19(24)18-17(13-5-3-2-4-6-13)23-12-15-8-7-14(20(22)25)11-16(15)27-18/h2-8,11,17-18,23H,9-10,12H2,1H3,(H2,22,25). The molecule has 2 aliphatic rings. The lowest BCUT2D eigenvalue weighted by atomic mass is 9.95. The summed E-state index contributed by atoms with van der Waals surface area (Å²) in [5, 5.41) is 3.44. The van der Waals surface area contributed by atoms with Gasteiger partial charge < -0.3 is 20.5 Å². The quantitative estimate of drug-likeness (QED) is 0.846. The molecule has 1 fully saturated rings. The van der Waals surface area contributed by atoms with E-state index in [4.69, 9.17) is 15.2 Å². The van der Waals surface area contributed by atoms with Crippen LogP contribution >= 0.6 is 0 Å². The van der Waals surface area contributed by atoms with Gasteiger partial charge in [0.25, 0.3) is 0 Å². The SMILES string of the molecule is COC1(C(=O)C2Oc3cc(C(N)=O)ccc3CNC2c2ccccc2)CC1. The molecule has 6 heteroatoms. The van der Waals surface area contributed by atoms with Crippen LogP contribution in [0.4, 0.5) is 0 Å². The Morgan fingerprint density at radius 1 is 1.19 bits per heavy atom. The number of primary amides is 1. The number of nitrogens with two attached hydrogens (primary N) is 1. The second-order valence-electron chi connectivity index (χ2n) is 7.06. The summed E-state index contributed by atoms with van der Waals surface area (Å²) < 4.78 is 11.7. The van der Waals surface area contributed by atoms with Crippen LogP contribution in [0.1, 0.15) is 40.4 Å². The van der Waals surface area contributed by atoms with Gasteiger partial charge in [-0.15, -0.1) is 0 Å². The number of hydrogen-bond donors (Lipinski definition) is 2. The Morgan fingerprint density at radius 2 is 1.93 bits per heavy atom. The Kier molecular flexibility index (Phi) is 4.45. The fraction of sp³-hybridized carbons (Fsp3) is 0.333. The molecule has 3 N–H and O–H groups in total. The monoisotopic (exact) mass is 366 g/mol. The average Bonchev–Trinajstić information content (AvgIpc) is 3.51. The third-order valence-corrected chi connectivity index (χ3v) is 5.38. The van der Waals surface area contributed by atoms with E-state index in [1.54, 1.807) is 25.3 Å². The van der Waals surface area contributed by atoms with Crippen molar-refractivity contribution < 1.29 is 19.1 Å². The summed E-state index contributed by atoms with van der Waals surface area (Å²) in [5.74, 6) is -0.109. The second kappa shape index (κ2) is 6.79. The highest BCUT2D eigenvalue weighted by Crippen LogP contribution is 2.43. The van der Waals surface area contributed by atoms with Crippen molar-refractivity contribution in [1.82, 2.24) is 5.32 Å². The van der Waals surface area contributed by atoms with Crippen LogP contribution in [0.3, 0.4) is 0 Å². The number of carbonyl (C=O) groups excluding carboxylic acids is 2. The van der Waals surface area contributed by atoms with Gasteiger partial charge in [0.05, 0.1) is 6.04 Å². The van der Waals surface area contributed by atoms with Gasteiger partial charge >= 0.3 is 0 Å². The minimum absolute atomic E-state index is 0.0799. The van der Waals surface area contributed by atoms with Crippen LogP contribution < -0.4 is 15.8 Å². The third kappa shape index (κ3) is 3.22. The third-order valence-electron chi connectivity index (χ3n) is 5.38. The molecule has 2 atom stereocenters. The fourth-order valence-electron chi connectivity index (χ4n) is 3.58. The number of ether oxygens (including phenoxy) is 2. The molecular weight excluding hydrogens is 344 g/mol. The van der Waals surface area contributed by atoms with E-state index in [9.17, 15) is 9.59 Å². The van der Waals surface area contributed by atoms with Crippen LogP contribution in [-0.2, 0) is 16.1 Å². The number of amides is 1. The van der Waals surface area contributed by atoms with Crippen molar-refractivity contribution in [1.29, 1.82) is 0 Å². The minimum atomic E-state index is -0.773. The average molecular weight is 366 g/mol. The number of hydrogen-bond acceptors (Lipinski definition) is 5. The highest BCUT2D eigenvalue weighted by Gasteiger charge is 2.55. The summed E-state index contributed by atoms with van der Waals surface area (Å²) in [6.45, 7) is 0.512. The summed E-state index contributed by atoms with van der Waals surface area (Å²) >= 11 is 0. The maximum absolute atomic E-state index is 13.3. The molecule has 1 amide bonds. The zero-order valence-corrected chi connectivity index (χ0v) is 15.1. The van der Waals surface area contributed by atoms with E-state index < -0.39 is 17.6 Å². The van der Waals surface area contributed by atoms with E-state index in [-0.39, 0.29) is 11.8 Å². The highest BCUT2D eigenvalue weighted by atomic mass is 16.5. The molecule has 2 unspecified atom stereocenters. The molecule has 0 spiro atoms. The number of methoxy groups -OCH3 is 1. The minimum Gasteiger partial charge on any atom is -0.480 e. The van der Waals surface area contributed by atoms with Crippen LogP contribution in [0, 0.1) is 0 Å². The van der Waals surface area contributed by atoms with E-state index in [0.717, 1.165) is 11.1 Å². The Hall–Kier alpha value is -2.70. The van der Waals surface area contributed by atoms with Gasteiger partial charge in [0.1, 0.15) is 11.4 Å². The molecular formula is C21H22N2O4. The summed E-state index contributed by atoms with van der Waals surface area (Å²) in [6, 6.07) is 14.5. The second-order valence-corrected chi connectivity index (χ2v) is 7.06. The predicted molar refractivity (Wildman–Crippen MR) is 99.4 cm³/mol. The number of Topliss-reactive ketones (excluding diaryl/α,β-unsaturated/α-hetero) is 1. The zero-order chi connectivity index (χ0) is 19.0.